The van der Waals surface area contributed by atoms with Crippen molar-refractivity contribution in [1.29, 1.82) is 0 Å². The topological polar surface area (TPSA) is 0 Å². The van der Waals surface area contributed by atoms with Crippen LogP contribution >= 0.6 is 0 Å². The highest BCUT2D eigenvalue weighted by Crippen LogP contribution is 2.29. The van der Waals surface area contributed by atoms with Crippen molar-refractivity contribution in [2.75, 3.05) is 0 Å². The van der Waals surface area contributed by atoms with Crippen LogP contribution in [0.15, 0.2) is 24.3 Å². The van der Waals surface area contributed by atoms with Gasteiger partial charge < -0.3 is 0 Å². The first-order valence-corrected chi connectivity index (χ1v) is 7.74. The zero-order valence-corrected chi connectivity index (χ0v) is 13.1. The summed E-state index contributed by atoms with van der Waals surface area (Å²) in [6, 6.07) is 9.18. The fraction of sp³-hybridized carbons (Fsp3) is 0.400. The monoisotopic (exact) mass is 264 g/mol. The van der Waals surface area contributed by atoms with Crippen molar-refractivity contribution in [2.45, 2.75) is 53.4 Å². The minimum Gasteiger partial charge on any atom is -0.0617 e. The second-order valence-corrected chi connectivity index (χ2v) is 6.28. The highest BCUT2D eigenvalue weighted by Gasteiger charge is 2.15. The molecule has 0 aliphatic heterocycles. The molecule has 4 bridgehead atoms. The van der Waals surface area contributed by atoms with Crippen molar-refractivity contribution in [1.82, 2.24) is 0 Å². The average Bonchev–Trinajstić information content (AvgIpc) is 2.47. The summed E-state index contributed by atoms with van der Waals surface area (Å²) in [6.45, 7) is 9.25. The van der Waals surface area contributed by atoms with E-state index in [1.54, 1.807) is 11.1 Å². The van der Waals surface area contributed by atoms with Gasteiger partial charge in [-0.25, -0.2) is 0 Å². The predicted molar refractivity (Wildman–Crippen MR) is 86.6 cm³/mol. The van der Waals surface area contributed by atoms with Gasteiger partial charge in [0.15, 0.2) is 0 Å². The van der Waals surface area contributed by atoms with Crippen LogP contribution in [0.2, 0.25) is 0 Å². The highest BCUT2D eigenvalue weighted by atomic mass is 14.2. The van der Waals surface area contributed by atoms with Crippen LogP contribution in [-0.2, 0) is 25.7 Å². The minimum absolute atomic E-state index is 1.16. The fourth-order valence-corrected chi connectivity index (χ4v) is 3.70. The highest BCUT2D eigenvalue weighted by molar-refractivity contribution is 5.51. The van der Waals surface area contributed by atoms with Gasteiger partial charge in [-0.05, 0) is 97.9 Å². The van der Waals surface area contributed by atoms with Gasteiger partial charge in [-0.15, -0.1) is 0 Å². The molecule has 2 aromatic rings. The Morgan fingerprint density at radius 2 is 1.00 bits per heavy atom. The van der Waals surface area contributed by atoms with Crippen LogP contribution in [0.4, 0.5) is 0 Å². The van der Waals surface area contributed by atoms with E-state index in [2.05, 4.69) is 52.0 Å². The molecular formula is C20H24. The molecule has 4 rings (SSSR count). The van der Waals surface area contributed by atoms with E-state index in [0.717, 1.165) is 12.8 Å². The number of fused-ring (bicyclic) bond motifs is 4. The number of aryl methyl sites for hydroxylation is 2. The van der Waals surface area contributed by atoms with Crippen molar-refractivity contribution in [3.8, 4) is 0 Å². The van der Waals surface area contributed by atoms with Crippen LogP contribution in [0.5, 0.6) is 0 Å². The molecule has 2 aromatic carbocycles. The molecule has 0 unspecified atom stereocenters. The van der Waals surface area contributed by atoms with E-state index in [1.807, 2.05) is 0 Å². The second-order valence-electron chi connectivity index (χ2n) is 6.28. The molecule has 20 heavy (non-hydrogen) atoms. The van der Waals surface area contributed by atoms with Gasteiger partial charge in [0.25, 0.3) is 0 Å². The molecule has 0 aromatic heterocycles. The molecule has 0 amide bonds. The van der Waals surface area contributed by atoms with E-state index >= 15 is 0 Å². The third kappa shape index (κ3) is 2.18. The third-order valence-electron chi connectivity index (χ3n) is 5.25. The van der Waals surface area contributed by atoms with Gasteiger partial charge in [-0.3, -0.25) is 0 Å². The zero-order chi connectivity index (χ0) is 14.3. The molecule has 0 spiro atoms. The predicted octanol–water partition coefficient (Wildman–Crippen LogP) is 4.80. The Hall–Kier alpha value is -1.56. The van der Waals surface area contributed by atoms with Gasteiger partial charge in [-0.2, -0.15) is 0 Å². The van der Waals surface area contributed by atoms with Crippen LogP contribution in [0.25, 0.3) is 0 Å². The lowest BCUT2D eigenvalue weighted by atomic mass is 9.85. The van der Waals surface area contributed by atoms with Crippen LogP contribution in [0.3, 0.4) is 0 Å². The largest absolute Gasteiger partial charge is 0.0617 e. The molecule has 0 atom stereocenters. The Kier molecular flexibility index (Phi) is 3.41. The number of benzene rings is 2. The van der Waals surface area contributed by atoms with Crippen molar-refractivity contribution in [2.24, 2.45) is 0 Å². The molecule has 0 fully saturated rings. The second kappa shape index (κ2) is 5.09. The lowest BCUT2D eigenvalue weighted by Crippen LogP contribution is -2.06. The van der Waals surface area contributed by atoms with Gasteiger partial charge in [0.1, 0.15) is 0 Å². The van der Waals surface area contributed by atoms with Gasteiger partial charge in [0.05, 0.1) is 0 Å². The van der Waals surface area contributed by atoms with Crippen molar-refractivity contribution >= 4 is 0 Å². The van der Waals surface area contributed by atoms with Gasteiger partial charge in [0.2, 0.25) is 0 Å². The van der Waals surface area contributed by atoms with E-state index in [4.69, 9.17) is 0 Å². The average molecular weight is 264 g/mol. The van der Waals surface area contributed by atoms with Gasteiger partial charge >= 0.3 is 0 Å². The molecule has 0 radical (unpaired) electrons. The lowest BCUT2D eigenvalue weighted by molar-refractivity contribution is 0.913. The Labute approximate surface area is 122 Å². The first kappa shape index (κ1) is 13.4. The molecule has 0 N–H and O–H groups in total. The van der Waals surface area contributed by atoms with Crippen LogP contribution in [-0.4, -0.2) is 0 Å². The summed E-state index contributed by atoms with van der Waals surface area (Å²) in [4.78, 5) is 0. The Balaban J connectivity index is 2.18. The fourth-order valence-electron chi connectivity index (χ4n) is 3.70. The smallest absolute Gasteiger partial charge is 0.0233 e. The molecule has 0 heterocycles. The summed E-state index contributed by atoms with van der Waals surface area (Å²) in [6.07, 6.45) is 4.66. The molecule has 0 heteroatoms. The maximum atomic E-state index is 2.40. The van der Waals surface area contributed by atoms with Crippen LogP contribution < -0.4 is 0 Å². The lowest BCUT2D eigenvalue weighted by Gasteiger charge is -2.20. The standard InChI is InChI=1S/C20H24/c1-13-14(2)20-11-9-18-7-5-6-17(12-18)8-10-19(13)15(3)16(20)4/h5-7,12H,8-11H2,1-4H3. The SMILES string of the molecule is Cc1c(C)c2c(C)c(C)c1CCc1cccc(c1)CC2. The normalized spacial score (nSPS) is 14.2. The summed E-state index contributed by atoms with van der Waals surface area (Å²) < 4.78 is 0. The van der Waals surface area contributed by atoms with E-state index in [9.17, 15) is 0 Å². The summed E-state index contributed by atoms with van der Waals surface area (Å²) in [5.41, 5.74) is 12.2. The quantitative estimate of drug-likeness (QED) is 0.641. The maximum Gasteiger partial charge on any atom is -0.0233 e. The Morgan fingerprint density at radius 3 is 1.40 bits per heavy atom. The van der Waals surface area contributed by atoms with Gasteiger partial charge in [0, 0.05) is 0 Å². The van der Waals surface area contributed by atoms with Crippen molar-refractivity contribution in [3.05, 3.63) is 68.8 Å². The van der Waals surface area contributed by atoms with E-state index in [-0.39, 0.29) is 0 Å². The summed E-state index contributed by atoms with van der Waals surface area (Å²) in [7, 11) is 0. The Bertz CT molecular complexity index is 579. The molecular weight excluding hydrogens is 240 g/mol. The molecule has 0 saturated carbocycles. The summed E-state index contributed by atoms with van der Waals surface area (Å²) in [5, 5.41) is 0. The first-order chi connectivity index (χ1) is 9.58. The molecule has 2 aliphatic rings. The van der Waals surface area contributed by atoms with Crippen LogP contribution in [0, 0.1) is 27.7 Å². The van der Waals surface area contributed by atoms with Gasteiger partial charge in [-0.1, -0.05) is 24.3 Å². The number of rotatable bonds is 0. The van der Waals surface area contributed by atoms with E-state index in [1.165, 1.54) is 46.2 Å². The number of hydrogen-bond donors (Lipinski definition) is 0. The van der Waals surface area contributed by atoms with Crippen molar-refractivity contribution in [3.63, 3.8) is 0 Å². The summed E-state index contributed by atoms with van der Waals surface area (Å²) >= 11 is 0. The van der Waals surface area contributed by atoms with Crippen LogP contribution in [0.1, 0.15) is 44.5 Å². The van der Waals surface area contributed by atoms with E-state index < -0.39 is 0 Å². The molecule has 0 saturated heterocycles. The molecule has 2 aliphatic carbocycles. The first-order valence-electron chi connectivity index (χ1n) is 7.74. The maximum absolute atomic E-state index is 2.40. The van der Waals surface area contributed by atoms with E-state index in [0.29, 0.717) is 0 Å². The summed E-state index contributed by atoms with van der Waals surface area (Å²) in [5.74, 6) is 0. The Morgan fingerprint density at radius 1 is 0.600 bits per heavy atom. The van der Waals surface area contributed by atoms with Crippen molar-refractivity contribution < 1.29 is 0 Å². The minimum atomic E-state index is 1.16. The number of hydrogen-bond acceptors (Lipinski definition) is 0. The zero-order valence-electron chi connectivity index (χ0n) is 13.1. The third-order valence-corrected chi connectivity index (χ3v) is 5.25. The molecule has 0 nitrogen and oxygen atoms in total. The molecule has 104 valence electrons.